The summed E-state index contributed by atoms with van der Waals surface area (Å²) in [7, 11) is -4.92. The first-order valence-corrected chi connectivity index (χ1v) is 11.0. The molecule has 2 aromatic heterocycles. The number of nitrogens with zero attached hydrogens (tertiary/aromatic N) is 4. The Morgan fingerprint density at radius 2 is 2.00 bits per heavy atom. The van der Waals surface area contributed by atoms with Crippen molar-refractivity contribution in [3.8, 4) is 11.5 Å². The number of aromatic nitrogens is 4. The van der Waals surface area contributed by atoms with Gasteiger partial charge in [0.15, 0.2) is 29.2 Å². The molecular weight excluding hydrogens is 479 g/mol. The van der Waals surface area contributed by atoms with Gasteiger partial charge in [0, 0.05) is 0 Å². The molecule has 1 unspecified atom stereocenters. The van der Waals surface area contributed by atoms with Crippen molar-refractivity contribution in [1.29, 1.82) is 0 Å². The van der Waals surface area contributed by atoms with Crippen molar-refractivity contribution in [3.63, 3.8) is 0 Å². The Morgan fingerprint density at radius 1 is 1.24 bits per heavy atom. The molecule has 8 N–H and O–H groups in total. The van der Waals surface area contributed by atoms with Crippen LogP contribution in [-0.4, -0.2) is 75.7 Å². The van der Waals surface area contributed by atoms with E-state index in [1.807, 2.05) is 0 Å². The number of para-hydroxylation sites is 1. The molecule has 1 fully saturated rings. The average molecular weight is 498 g/mol. The van der Waals surface area contributed by atoms with Gasteiger partial charge in [-0.05, 0) is 12.1 Å². The predicted molar refractivity (Wildman–Crippen MR) is 110 cm³/mol. The van der Waals surface area contributed by atoms with Gasteiger partial charge >= 0.3 is 7.82 Å². The molecule has 3 heterocycles. The van der Waals surface area contributed by atoms with Gasteiger partial charge in [-0.15, -0.1) is 0 Å². The molecule has 0 aliphatic carbocycles. The third-order valence-corrected chi connectivity index (χ3v) is 5.71. The molecule has 0 spiro atoms. The van der Waals surface area contributed by atoms with Gasteiger partial charge in [-0.2, -0.15) is 4.62 Å². The van der Waals surface area contributed by atoms with Crippen molar-refractivity contribution >= 4 is 30.7 Å². The lowest BCUT2D eigenvalue weighted by molar-refractivity contribution is -0.0525. The summed E-state index contributed by atoms with van der Waals surface area (Å²) in [5.74, 6) is -2.40. The van der Waals surface area contributed by atoms with Crippen molar-refractivity contribution in [3.05, 3.63) is 36.4 Å². The highest BCUT2D eigenvalue weighted by Crippen LogP contribution is 2.43. The lowest BCUT2D eigenvalue weighted by Crippen LogP contribution is -2.34. The zero-order chi connectivity index (χ0) is 24.6. The first-order chi connectivity index (χ1) is 16.1. The number of aromatic hydroxyl groups is 2. The number of phosphoric ester groups is 1. The van der Waals surface area contributed by atoms with Crippen LogP contribution in [-0.2, 0) is 18.5 Å². The number of phenols is 2. The number of hydrogen-bond acceptors (Lipinski definition) is 13. The molecule has 1 aliphatic heterocycles. The highest BCUT2D eigenvalue weighted by atomic mass is 31.2. The fraction of sp³-hybridized carbons (Fsp3) is 0.294. The first kappa shape index (κ1) is 23.8. The molecule has 1 saturated heterocycles. The van der Waals surface area contributed by atoms with Gasteiger partial charge < -0.3 is 35.8 Å². The maximum absolute atomic E-state index is 12.1. The zero-order valence-electron chi connectivity index (χ0n) is 17.0. The van der Waals surface area contributed by atoms with Crippen LogP contribution >= 0.6 is 7.82 Å². The number of benzene rings is 1. The summed E-state index contributed by atoms with van der Waals surface area (Å²) < 4.78 is 28.1. The van der Waals surface area contributed by atoms with E-state index in [1.165, 1.54) is 23.3 Å². The van der Waals surface area contributed by atoms with E-state index >= 15 is 0 Å². The normalized spacial score (nSPS) is 24.2. The van der Waals surface area contributed by atoms with Crippen molar-refractivity contribution < 1.29 is 48.6 Å². The Labute approximate surface area is 189 Å². The number of phosphoric acid groups is 1. The Hall–Kier alpha value is -3.37. The number of rotatable bonds is 7. The number of amides is 1. The summed E-state index contributed by atoms with van der Waals surface area (Å²) in [6.07, 6.45) is -3.05. The van der Waals surface area contributed by atoms with Crippen LogP contribution in [0.15, 0.2) is 30.9 Å². The molecule has 0 saturated carbocycles. The molecule has 17 heteroatoms. The molecular formula is C17H19N6O10P. The standard InChI is InChI=1S/C17H19N6O10P/c18-14-10-15(20-5-19-14)23(6-21-10)17-13(27)12(26)9(32-17)4-31-34(29,30)33-22-16(28)7-2-1-3-8(24)11(7)25/h1-3,5-6,9,12-13,17,24-27H,4H2,(H,22,28)(H,29,30)(H2,18,19,20)/t9-,12-,13-,17-/m1/s1. The number of aliphatic hydroxyl groups excluding tert-OH is 2. The van der Waals surface area contributed by atoms with E-state index in [-0.39, 0.29) is 17.0 Å². The molecule has 0 radical (unpaired) electrons. The average Bonchev–Trinajstić information content (AvgIpc) is 3.35. The number of hydrogen-bond donors (Lipinski definition) is 7. The number of carbonyl (C=O) groups is 1. The summed E-state index contributed by atoms with van der Waals surface area (Å²) in [5.41, 5.74) is 7.38. The van der Waals surface area contributed by atoms with Crippen LogP contribution in [0.4, 0.5) is 5.82 Å². The van der Waals surface area contributed by atoms with Crippen LogP contribution < -0.4 is 11.2 Å². The van der Waals surface area contributed by atoms with Crippen LogP contribution in [0.5, 0.6) is 11.5 Å². The number of carbonyl (C=O) groups excluding carboxylic acids is 1. The minimum atomic E-state index is -4.92. The monoisotopic (exact) mass is 498 g/mol. The number of phenolic OH excluding ortho intramolecular Hbond substituents is 2. The van der Waals surface area contributed by atoms with Gasteiger partial charge in [-0.25, -0.2) is 25.0 Å². The SMILES string of the molecule is Nc1ncnc2c1ncn2[C@@H]1O[C@H](COP(=O)(O)ONC(=O)c2cccc(O)c2O)[C@@H](O)[C@H]1O. The van der Waals surface area contributed by atoms with Crippen molar-refractivity contribution in [2.24, 2.45) is 0 Å². The maximum Gasteiger partial charge on any atom is 0.493 e. The largest absolute Gasteiger partial charge is 0.504 e. The minimum Gasteiger partial charge on any atom is -0.504 e. The van der Waals surface area contributed by atoms with Crippen LogP contribution in [0.3, 0.4) is 0 Å². The van der Waals surface area contributed by atoms with Gasteiger partial charge in [0.05, 0.1) is 18.5 Å². The number of nitrogen functional groups attached to an aromatic ring is 1. The highest BCUT2D eigenvalue weighted by Gasteiger charge is 2.45. The molecule has 5 atom stereocenters. The molecule has 4 rings (SSSR count). The van der Waals surface area contributed by atoms with Gasteiger partial charge in [-0.1, -0.05) is 6.07 Å². The molecule has 182 valence electrons. The number of anilines is 1. The first-order valence-electron chi connectivity index (χ1n) is 9.51. The molecule has 34 heavy (non-hydrogen) atoms. The number of aliphatic hydroxyl groups is 2. The van der Waals surface area contributed by atoms with Crippen LogP contribution in [0, 0.1) is 0 Å². The van der Waals surface area contributed by atoms with Crippen LogP contribution in [0.25, 0.3) is 11.2 Å². The smallest absolute Gasteiger partial charge is 0.493 e. The van der Waals surface area contributed by atoms with E-state index in [9.17, 15) is 34.7 Å². The summed E-state index contributed by atoms with van der Waals surface area (Å²) >= 11 is 0. The lowest BCUT2D eigenvalue weighted by Gasteiger charge is -2.17. The molecule has 1 aromatic carbocycles. The lowest BCUT2D eigenvalue weighted by atomic mass is 10.1. The Balaban J connectivity index is 1.38. The van der Waals surface area contributed by atoms with E-state index in [1.54, 1.807) is 5.48 Å². The fourth-order valence-corrected chi connectivity index (χ4v) is 3.80. The van der Waals surface area contributed by atoms with Gasteiger partial charge in [-0.3, -0.25) is 13.9 Å². The second-order valence-corrected chi connectivity index (χ2v) is 8.47. The summed E-state index contributed by atoms with van der Waals surface area (Å²) in [6, 6.07) is 3.50. The number of nitrogens with two attached hydrogens (primary N) is 1. The second kappa shape index (κ2) is 9.11. The van der Waals surface area contributed by atoms with Crippen LogP contribution in [0.1, 0.15) is 16.6 Å². The van der Waals surface area contributed by atoms with Crippen molar-refractivity contribution in [1.82, 2.24) is 25.0 Å². The molecule has 16 nitrogen and oxygen atoms in total. The highest BCUT2D eigenvalue weighted by molar-refractivity contribution is 7.47. The van der Waals surface area contributed by atoms with Gasteiger partial charge in [0.25, 0.3) is 5.91 Å². The number of hydroxylamine groups is 1. The van der Waals surface area contributed by atoms with Gasteiger partial charge in [0.2, 0.25) is 0 Å². The zero-order valence-corrected chi connectivity index (χ0v) is 17.9. The Kier molecular flexibility index (Phi) is 6.37. The third-order valence-electron chi connectivity index (χ3n) is 4.91. The number of nitrogens with one attached hydrogen (secondary N) is 1. The second-order valence-electron chi connectivity index (χ2n) is 7.09. The summed E-state index contributed by atoms with van der Waals surface area (Å²) in [6.45, 7) is -0.723. The number of imidazole rings is 1. The number of ether oxygens (including phenoxy) is 1. The van der Waals surface area contributed by atoms with Gasteiger partial charge in [0.1, 0.15) is 30.2 Å². The van der Waals surface area contributed by atoms with E-state index in [0.717, 1.165) is 12.1 Å². The molecule has 1 aliphatic rings. The van der Waals surface area contributed by atoms with Crippen molar-refractivity contribution in [2.45, 2.75) is 24.5 Å². The van der Waals surface area contributed by atoms with E-state index in [0.29, 0.717) is 0 Å². The van der Waals surface area contributed by atoms with Crippen molar-refractivity contribution in [2.75, 3.05) is 12.3 Å². The maximum atomic E-state index is 12.1. The molecule has 3 aromatic rings. The predicted octanol–water partition coefficient (Wildman–Crippen LogP) is -1.08. The molecule has 0 bridgehead atoms. The molecule has 1 amide bonds. The fourth-order valence-electron chi connectivity index (χ4n) is 3.22. The topological polar surface area (TPSA) is 245 Å². The Morgan fingerprint density at radius 3 is 2.76 bits per heavy atom. The van der Waals surface area contributed by atoms with Crippen LogP contribution in [0.2, 0.25) is 0 Å². The summed E-state index contributed by atoms with van der Waals surface area (Å²) in [4.78, 5) is 33.7. The third kappa shape index (κ3) is 4.51. The van der Waals surface area contributed by atoms with E-state index < -0.39 is 61.9 Å². The van der Waals surface area contributed by atoms with E-state index in [4.69, 9.17) is 15.0 Å². The number of fused-ring (bicyclic) bond motifs is 1. The minimum absolute atomic E-state index is 0.0936. The quantitative estimate of drug-likeness (QED) is 0.116. The Bertz CT molecular complexity index is 1270. The van der Waals surface area contributed by atoms with E-state index in [2.05, 4.69) is 19.6 Å². The summed E-state index contributed by atoms with van der Waals surface area (Å²) in [5, 5.41) is 39.8.